The van der Waals surface area contributed by atoms with Crippen molar-refractivity contribution in [1.82, 2.24) is 19.8 Å². The fourth-order valence-electron chi connectivity index (χ4n) is 4.08. The van der Waals surface area contributed by atoms with Crippen LogP contribution in [0.5, 0.6) is 0 Å². The maximum Gasteiger partial charge on any atom is 0.225 e. The lowest BCUT2D eigenvalue weighted by atomic mass is 10.0. The van der Waals surface area contributed by atoms with Crippen LogP contribution in [0.1, 0.15) is 31.4 Å². The van der Waals surface area contributed by atoms with Crippen LogP contribution in [0.15, 0.2) is 12.4 Å². The average Bonchev–Trinajstić information content (AvgIpc) is 3.06. The molecule has 1 unspecified atom stereocenters. The van der Waals surface area contributed by atoms with E-state index >= 15 is 0 Å². The molecule has 0 N–H and O–H groups in total. The van der Waals surface area contributed by atoms with Crippen LogP contribution in [-0.4, -0.2) is 73.0 Å². The third kappa shape index (κ3) is 4.69. The first-order valence-corrected chi connectivity index (χ1v) is 9.48. The zero-order valence-corrected chi connectivity index (χ0v) is 15.8. The molecule has 3 rings (SSSR count). The molecule has 0 aromatic carbocycles. The maximum atomic E-state index is 12.9. The van der Waals surface area contributed by atoms with Crippen LogP contribution in [0.25, 0.3) is 0 Å². The molecule has 1 aromatic heterocycles. The monoisotopic (exact) mass is 345 g/mol. The van der Waals surface area contributed by atoms with Gasteiger partial charge in [-0.15, -0.1) is 0 Å². The normalized spacial score (nSPS) is 22.8. The Kier molecular flexibility index (Phi) is 5.89. The Morgan fingerprint density at radius 3 is 2.68 bits per heavy atom. The summed E-state index contributed by atoms with van der Waals surface area (Å²) in [4.78, 5) is 28.1. The number of anilines is 1. The number of nitrogens with zero attached hydrogens (tertiary/aromatic N) is 5. The molecular formula is C19H31N5O. The third-order valence-corrected chi connectivity index (χ3v) is 5.48. The molecule has 1 aromatic rings. The van der Waals surface area contributed by atoms with Gasteiger partial charge < -0.3 is 14.7 Å². The molecule has 2 heterocycles. The van der Waals surface area contributed by atoms with Gasteiger partial charge in [0.15, 0.2) is 0 Å². The van der Waals surface area contributed by atoms with Gasteiger partial charge in [0, 0.05) is 58.0 Å². The van der Waals surface area contributed by atoms with Gasteiger partial charge in [-0.3, -0.25) is 4.79 Å². The van der Waals surface area contributed by atoms with Gasteiger partial charge in [-0.1, -0.05) is 12.8 Å². The van der Waals surface area contributed by atoms with E-state index in [9.17, 15) is 4.79 Å². The van der Waals surface area contributed by atoms with Crippen molar-refractivity contribution in [1.29, 1.82) is 0 Å². The van der Waals surface area contributed by atoms with Crippen molar-refractivity contribution in [2.75, 3.05) is 52.2 Å². The van der Waals surface area contributed by atoms with Gasteiger partial charge in [0.1, 0.15) is 12.1 Å². The second-order valence-corrected chi connectivity index (χ2v) is 7.86. The van der Waals surface area contributed by atoms with Crippen molar-refractivity contribution in [3.8, 4) is 0 Å². The Morgan fingerprint density at radius 1 is 1.20 bits per heavy atom. The highest BCUT2D eigenvalue weighted by Crippen LogP contribution is 2.27. The van der Waals surface area contributed by atoms with Gasteiger partial charge in [0.25, 0.3) is 0 Å². The van der Waals surface area contributed by atoms with Crippen LogP contribution in [0.2, 0.25) is 0 Å². The van der Waals surface area contributed by atoms with Crippen molar-refractivity contribution in [3.63, 3.8) is 0 Å². The van der Waals surface area contributed by atoms with Crippen LogP contribution in [0, 0.1) is 11.8 Å². The molecule has 1 atom stereocenters. The zero-order valence-electron chi connectivity index (χ0n) is 15.8. The number of rotatable bonds is 4. The van der Waals surface area contributed by atoms with Crippen molar-refractivity contribution in [2.24, 2.45) is 11.8 Å². The molecule has 2 fully saturated rings. The van der Waals surface area contributed by atoms with E-state index in [0.717, 1.165) is 57.0 Å². The van der Waals surface area contributed by atoms with Crippen LogP contribution in [0.3, 0.4) is 0 Å². The fourth-order valence-corrected chi connectivity index (χ4v) is 4.08. The van der Waals surface area contributed by atoms with E-state index < -0.39 is 0 Å². The predicted octanol–water partition coefficient (Wildman–Crippen LogP) is 1.67. The third-order valence-electron chi connectivity index (χ3n) is 5.48. The van der Waals surface area contributed by atoms with E-state index in [4.69, 9.17) is 0 Å². The first-order chi connectivity index (χ1) is 12.0. The molecule has 1 aliphatic heterocycles. The minimum Gasteiger partial charge on any atom is -0.363 e. The number of hydrogen-bond acceptors (Lipinski definition) is 5. The second kappa shape index (κ2) is 8.13. The first-order valence-electron chi connectivity index (χ1n) is 9.48. The maximum absolute atomic E-state index is 12.9. The summed E-state index contributed by atoms with van der Waals surface area (Å²) in [6.07, 6.45) is 7.11. The summed E-state index contributed by atoms with van der Waals surface area (Å²) in [5.74, 6) is 2.01. The lowest BCUT2D eigenvalue weighted by Crippen LogP contribution is -2.39. The van der Waals surface area contributed by atoms with E-state index in [2.05, 4.69) is 32.9 Å². The Labute approximate surface area is 151 Å². The highest BCUT2D eigenvalue weighted by Gasteiger charge is 2.30. The Bertz CT molecular complexity index is 585. The summed E-state index contributed by atoms with van der Waals surface area (Å²) in [5.41, 5.74) is 1.06. The summed E-state index contributed by atoms with van der Waals surface area (Å²) in [6.45, 7) is 3.67. The standard InChI is InChI=1S/C19H31N5O/c1-22(2)18-11-17(20-14-21-18)10-15-12-23(3)8-9-24(13-15)19(25)16-6-4-5-7-16/h11,14-16H,4-10,12-13H2,1-3H3. The topological polar surface area (TPSA) is 52.6 Å². The number of carbonyl (C=O) groups is 1. The van der Waals surface area contributed by atoms with Crippen molar-refractivity contribution >= 4 is 11.7 Å². The molecule has 2 aliphatic rings. The molecule has 1 amide bonds. The fraction of sp³-hybridized carbons (Fsp3) is 0.737. The van der Waals surface area contributed by atoms with Gasteiger partial charge >= 0.3 is 0 Å². The molecule has 6 nitrogen and oxygen atoms in total. The molecule has 1 aliphatic carbocycles. The summed E-state index contributed by atoms with van der Waals surface area (Å²) >= 11 is 0. The SMILES string of the molecule is CN1CCN(C(=O)C2CCCC2)CC(Cc2cc(N(C)C)ncn2)C1. The number of likely N-dealkylation sites (N-methyl/N-ethyl adjacent to an activating group) is 1. The van der Waals surface area contributed by atoms with E-state index in [-0.39, 0.29) is 5.92 Å². The van der Waals surface area contributed by atoms with Crippen LogP contribution in [0.4, 0.5) is 5.82 Å². The summed E-state index contributed by atoms with van der Waals surface area (Å²) in [7, 11) is 6.14. The Morgan fingerprint density at radius 2 is 1.96 bits per heavy atom. The molecule has 138 valence electrons. The Hall–Kier alpha value is -1.69. The molecule has 1 saturated carbocycles. The van der Waals surface area contributed by atoms with E-state index in [0.29, 0.717) is 11.8 Å². The van der Waals surface area contributed by atoms with Crippen molar-refractivity contribution in [2.45, 2.75) is 32.1 Å². The number of amides is 1. The number of hydrogen-bond donors (Lipinski definition) is 0. The van der Waals surface area contributed by atoms with E-state index in [1.807, 2.05) is 19.0 Å². The van der Waals surface area contributed by atoms with E-state index in [1.165, 1.54) is 12.8 Å². The minimum atomic E-state index is 0.267. The summed E-state index contributed by atoms with van der Waals surface area (Å²) in [6, 6.07) is 2.06. The van der Waals surface area contributed by atoms with Gasteiger partial charge in [0.05, 0.1) is 0 Å². The summed E-state index contributed by atoms with van der Waals surface area (Å²) < 4.78 is 0. The lowest BCUT2D eigenvalue weighted by Gasteiger charge is -2.26. The summed E-state index contributed by atoms with van der Waals surface area (Å²) in [5, 5.41) is 0. The van der Waals surface area contributed by atoms with Crippen LogP contribution < -0.4 is 4.90 Å². The molecule has 1 saturated heterocycles. The molecule has 25 heavy (non-hydrogen) atoms. The van der Waals surface area contributed by atoms with Crippen LogP contribution >= 0.6 is 0 Å². The van der Waals surface area contributed by atoms with Gasteiger partial charge in [-0.2, -0.15) is 0 Å². The van der Waals surface area contributed by atoms with Gasteiger partial charge in [-0.25, -0.2) is 9.97 Å². The number of carbonyl (C=O) groups excluding carboxylic acids is 1. The zero-order chi connectivity index (χ0) is 17.8. The molecule has 0 spiro atoms. The smallest absolute Gasteiger partial charge is 0.225 e. The van der Waals surface area contributed by atoms with Gasteiger partial charge in [0.2, 0.25) is 5.91 Å². The van der Waals surface area contributed by atoms with Crippen molar-refractivity contribution in [3.05, 3.63) is 18.1 Å². The highest BCUT2D eigenvalue weighted by molar-refractivity contribution is 5.79. The highest BCUT2D eigenvalue weighted by atomic mass is 16.2. The number of aromatic nitrogens is 2. The van der Waals surface area contributed by atoms with E-state index in [1.54, 1.807) is 6.33 Å². The first kappa shape index (κ1) is 18.1. The Balaban J connectivity index is 1.68. The van der Waals surface area contributed by atoms with Gasteiger partial charge in [-0.05, 0) is 32.2 Å². The predicted molar refractivity (Wildman–Crippen MR) is 99.6 cm³/mol. The molecule has 0 bridgehead atoms. The molecule has 0 radical (unpaired) electrons. The van der Waals surface area contributed by atoms with Crippen LogP contribution in [-0.2, 0) is 11.2 Å². The second-order valence-electron chi connectivity index (χ2n) is 7.86. The molecular weight excluding hydrogens is 314 g/mol. The minimum absolute atomic E-state index is 0.267. The van der Waals surface area contributed by atoms with Crippen molar-refractivity contribution < 1.29 is 4.79 Å². The lowest BCUT2D eigenvalue weighted by molar-refractivity contribution is -0.135. The average molecular weight is 345 g/mol. The largest absolute Gasteiger partial charge is 0.363 e. The molecule has 6 heteroatoms. The quantitative estimate of drug-likeness (QED) is 0.831.